The zero-order chi connectivity index (χ0) is 15.4. The molecule has 0 spiro atoms. The number of allylic oxidation sites excluding steroid dienone is 1. The average Bonchev–Trinajstić information content (AvgIpc) is 3.16. The van der Waals surface area contributed by atoms with Gasteiger partial charge < -0.3 is 4.42 Å². The Kier molecular flexibility index (Phi) is 4.11. The molecule has 0 atom stereocenters. The van der Waals surface area contributed by atoms with Crippen molar-refractivity contribution in [3.8, 4) is 11.4 Å². The van der Waals surface area contributed by atoms with E-state index in [9.17, 15) is 0 Å². The second-order valence-electron chi connectivity index (χ2n) is 4.68. The van der Waals surface area contributed by atoms with Gasteiger partial charge in [0, 0.05) is 5.56 Å². The van der Waals surface area contributed by atoms with E-state index in [1.165, 1.54) is 0 Å². The summed E-state index contributed by atoms with van der Waals surface area (Å²) in [5.41, 5.74) is 1.89. The van der Waals surface area contributed by atoms with Crippen LogP contribution in [0.2, 0.25) is 0 Å². The van der Waals surface area contributed by atoms with Gasteiger partial charge in [0.25, 0.3) is 0 Å². The smallest absolute Gasteiger partial charge is 0.216 e. The zero-order valence-corrected chi connectivity index (χ0v) is 12.7. The molecule has 0 aliphatic heterocycles. The Labute approximate surface area is 132 Å². The van der Waals surface area contributed by atoms with E-state index in [0.29, 0.717) is 10.6 Å². The molecule has 0 aliphatic rings. The van der Waals surface area contributed by atoms with Gasteiger partial charge in [-0.05, 0) is 42.9 Å². The molecule has 6 heteroatoms. The summed E-state index contributed by atoms with van der Waals surface area (Å²) in [6, 6.07) is 13.5. The Morgan fingerprint density at radius 3 is 2.82 bits per heavy atom. The molecule has 0 amide bonds. The number of benzene rings is 1. The van der Waals surface area contributed by atoms with Crippen molar-refractivity contribution >= 4 is 24.5 Å². The molecular weight excluding hydrogens is 296 g/mol. The Hall–Kier alpha value is -2.73. The van der Waals surface area contributed by atoms with Crippen LogP contribution in [0.15, 0.2) is 63.8 Å². The third-order valence-electron chi connectivity index (χ3n) is 2.97. The van der Waals surface area contributed by atoms with Gasteiger partial charge in [0.15, 0.2) is 5.82 Å². The highest BCUT2D eigenvalue weighted by Crippen LogP contribution is 2.16. The molecule has 1 aromatic carbocycles. The van der Waals surface area contributed by atoms with E-state index in [4.69, 9.17) is 16.6 Å². The lowest BCUT2D eigenvalue weighted by Gasteiger charge is -2.00. The van der Waals surface area contributed by atoms with E-state index < -0.39 is 0 Å². The first-order valence-electron chi connectivity index (χ1n) is 6.73. The van der Waals surface area contributed by atoms with Crippen LogP contribution in [-0.2, 0) is 0 Å². The van der Waals surface area contributed by atoms with Gasteiger partial charge in [-0.25, -0.2) is 5.10 Å². The summed E-state index contributed by atoms with van der Waals surface area (Å²) >= 11 is 5.23. The highest BCUT2D eigenvalue weighted by molar-refractivity contribution is 7.71. The molecule has 0 saturated carbocycles. The minimum absolute atomic E-state index is 0.445. The predicted molar refractivity (Wildman–Crippen MR) is 89.1 cm³/mol. The molecule has 0 radical (unpaired) electrons. The summed E-state index contributed by atoms with van der Waals surface area (Å²) in [6.07, 6.45) is 5.26. The minimum atomic E-state index is 0.445. The maximum absolute atomic E-state index is 5.27. The lowest BCUT2D eigenvalue weighted by molar-refractivity contribution is 0.557. The molecule has 3 aromatic rings. The third-order valence-corrected chi connectivity index (χ3v) is 3.24. The number of nitrogens with zero attached hydrogens (tertiary/aromatic N) is 3. The van der Waals surface area contributed by atoms with E-state index in [1.54, 1.807) is 17.2 Å². The van der Waals surface area contributed by atoms with Crippen molar-refractivity contribution in [2.75, 3.05) is 0 Å². The molecule has 0 saturated heterocycles. The van der Waals surface area contributed by atoms with Gasteiger partial charge >= 0.3 is 0 Å². The fourth-order valence-corrected chi connectivity index (χ4v) is 2.14. The lowest BCUT2D eigenvalue weighted by Crippen LogP contribution is -1.94. The largest absolute Gasteiger partial charge is 0.465 e. The fraction of sp³-hybridized carbons (Fsp3) is 0.0625. The second kappa shape index (κ2) is 6.36. The molecule has 2 heterocycles. The Balaban J connectivity index is 1.91. The number of hydrogen-bond acceptors (Lipinski definition) is 4. The first kappa shape index (κ1) is 14.2. The number of H-pyrrole nitrogens is 1. The summed E-state index contributed by atoms with van der Waals surface area (Å²) in [5, 5.41) is 11.4. The standard InChI is InChI=1S/C16H14N4OS/c1-12(10-14-8-5-9-21-14)11-17-20-15(18-19-16(20)22)13-6-3-2-4-7-13/h2-11H,1H3,(H,19,22)/b12-10?,17-11+. The van der Waals surface area contributed by atoms with Crippen molar-refractivity contribution in [3.63, 3.8) is 0 Å². The van der Waals surface area contributed by atoms with E-state index >= 15 is 0 Å². The van der Waals surface area contributed by atoms with E-state index in [-0.39, 0.29) is 0 Å². The van der Waals surface area contributed by atoms with Gasteiger partial charge in [0.05, 0.1) is 12.5 Å². The van der Waals surface area contributed by atoms with Crippen LogP contribution in [-0.4, -0.2) is 21.1 Å². The van der Waals surface area contributed by atoms with Crippen molar-refractivity contribution in [2.24, 2.45) is 5.10 Å². The van der Waals surface area contributed by atoms with Crippen LogP contribution >= 0.6 is 12.2 Å². The van der Waals surface area contributed by atoms with Crippen molar-refractivity contribution in [1.29, 1.82) is 0 Å². The quantitative estimate of drug-likeness (QED) is 0.582. The molecule has 1 N–H and O–H groups in total. The Morgan fingerprint density at radius 2 is 2.09 bits per heavy atom. The number of aromatic amines is 1. The summed E-state index contributed by atoms with van der Waals surface area (Å²) in [7, 11) is 0. The topological polar surface area (TPSA) is 59.1 Å². The molecule has 0 bridgehead atoms. The van der Waals surface area contributed by atoms with Gasteiger partial charge in [-0.3, -0.25) is 0 Å². The van der Waals surface area contributed by atoms with Crippen LogP contribution in [0.1, 0.15) is 12.7 Å². The maximum Gasteiger partial charge on any atom is 0.216 e. The summed E-state index contributed by atoms with van der Waals surface area (Å²) < 4.78 is 7.32. The molecule has 110 valence electrons. The number of nitrogens with one attached hydrogen (secondary N) is 1. The third kappa shape index (κ3) is 3.12. The number of hydrogen-bond donors (Lipinski definition) is 1. The Morgan fingerprint density at radius 1 is 1.27 bits per heavy atom. The van der Waals surface area contributed by atoms with Gasteiger partial charge in [-0.15, -0.1) is 0 Å². The van der Waals surface area contributed by atoms with Crippen molar-refractivity contribution in [1.82, 2.24) is 14.9 Å². The van der Waals surface area contributed by atoms with Crippen LogP contribution < -0.4 is 0 Å². The molecule has 5 nitrogen and oxygen atoms in total. The first-order chi connectivity index (χ1) is 10.7. The normalized spacial score (nSPS) is 12.1. The van der Waals surface area contributed by atoms with Gasteiger partial charge in [0.2, 0.25) is 4.77 Å². The minimum Gasteiger partial charge on any atom is -0.465 e. The maximum atomic E-state index is 5.27. The molecule has 0 unspecified atom stereocenters. The van der Waals surface area contributed by atoms with Crippen LogP contribution in [0.25, 0.3) is 17.5 Å². The second-order valence-corrected chi connectivity index (χ2v) is 5.07. The fourth-order valence-electron chi connectivity index (χ4n) is 1.96. The summed E-state index contributed by atoms with van der Waals surface area (Å²) in [5.74, 6) is 1.45. The predicted octanol–water partition coefficient (Wildman–Crippen LogP) is 4.14. The number of furan rings is 1. The van der Waals surface area contributed by atoms with Crippen LogP contribution in [0.3, 0.4) is 0 Å². The van der Waals surface area contributed by atoms with Crippen molar-refractivity contribution < 1.29 is 4.42 Å². The van der Waals surface area contributed by atoms with E-state index in [0.717, 1.165) is 16.9 Å². The monoisotopic (exact) mass is 310 g/mol. The number of aromatic nitrogens is 3. The first-order valence-corrected chi connectivity index (χ1v) is 7.14. The number of rotatable bonds is 4. The molecule has 0 fully saturated rings. The molecule has 0 aliphatic carbocycles. The molecule has 3 rings (SSSR count). The van der Waals surface area contributed by atoms with Crippen molar-refractivity contribution in [2.45, 2.75) is 6.92 Å². The van der Waals surface area contributed by atoms with Gasteiger partial charge in [-0.2, -0.15) is 14.9 Å². The summed E-state index contributed by atoms with van der Waals surface area (Å²) in [4.78, 5) is 0. The van der Waals surface area contributed by atoms with Gasteiger partial charge in [-0.1, -0.05) is 30.3 Å². The van der Waals surface area contributed by atoms with Crippen LogP contribution in [0, 0.1) is 4.77 Å². The highest BCUT2D eigenvalue weighted by atomic mass is 32.1. The van der Waals surface area contributed by atoms with Crippen LogP contribution in [0.4, 0.5) is 0 Å². The van der Waals surface area contributed by atoms with Crippen molar-refractivity contribution in [3.05, 3.63) is 64.8 Å². The lowest BCUT2D eigenvalue weighted by atomic mass is 10.2. The highest BCUT2D eigenvalue weighted by Gasteiger charge is 2.06. The van der Waals surface area contributed by atoms with Crippen LogP contribution in [0.5, 0.6) is 0 Å². The zero-order valence-electron chi connectivity index (χ0n) is 11.9. The van der Waals surface area contributed by atoms with E-state index in [1.807, 2.05) is 55.5 Å². The molecular formula is C16H14N4OS. The Bertz CT molecular complexity index is 857. The van der Waals surface area contributed by atoms with Gasteiger partial charge in [0.1, 0.15) is 5.76 Å². The van der Waals surface area contributed by atoms with E-state index in [2.05, 4.69) is 15.3 Å². The summed E-state index contributed by atoms with van der Waals surface area (Å²) in [6.45, 7) is 1.94. The molecule has 2 aromatic heterocycles. The average molecular weight is 310 g/mol. The molecule has 22 heavy (non-hydrogen) atoms. The SMILES string of the molecule is CC(=Cc1ccco1)/C=N/n1c(-c2ccccc2)n[nH]c1=S.